The van der Waals surface area contributed by atoms with Crippen LogP contribution in [0, 0.1) is 0 Å². The summed E-state index contributed by atoms with van der Waals surface area (Å²) in [6, 6.07) is 16.5. The lowest BCUT2D eigenvalue weighted by Gasteiger charge is -2.41. The molecule has 1 heterocycles. The van der Waals surface area contributed by atoms with E-state index in [0.29, 0.717) is 5.75 Å². The summed E-state index contributed by atoms with van der Waals surface area (Å²) in [5.41, 5.74) is -2.12. The quantitative estimate of drug-likeness (QED) is 0.517. The summed E-state index contributed by atoms with van der Waals surface area (Å²) in [5, 5.41) is 11.3. The van der Waals surface area contributed by atoms with Crippen LogP contribution in [-0.4, -0.2) is 53.8 Å². The van der Waals surface area contributed by atoms with Gasteiger partial charge in [-0.15, -0.1) is 0 Å². The van der Waals surface area contributed by atoms with Crippen molar-refractivity contribution in [1.29, 1.82) is 0 Å². The van der Waals surface area contributed by atoms with Crippen LogP contribution >= 0.6 is 0 Å². The van der Waals surface area contributed by atoms with Gasteiger partial charge in [-0.05, 0) is 30.2 Å². The van der Waals surface area contributed by atoms with Crippen molar-refractivity contribution in [3.63, 3.8) is 0 Å². The van der Waals surface area contributed by atoms with Crippen LogP contribution in [0.4, 0.5) is 0 Å². The number of aliphatic hydroxyl groups is 1. The van der Waals surface area contributed by atoms with E-state index < -0.39 is 23.0 Å². The van der Waals surface area contributed by atoms with Crippen molar-refractivity contribution < 1.29 is 28.9 Å². The van der Waals surface area contributed by atoms with Crippen molar-refractivity contribution in [2.24, 2.45) is 0 Å². The van der Waals surface area contributed by atoms with Crippen molar-refractivity contribution in [2.75, 3.05) is 20.8 Å². The number of methoxy groups -OCH3 is 2. The summed E-state index contributed by atoms with van der Waals surface area (Å²) in [5.74, 6) is -0.640. The van der Waals surface area contributed by atoms with E-state index in [1.807, 2.05) is 30.3 Å². The summed E-state index contributed by atoms with van der Waals surface area (Å²) in [6.45, 7) is 5.15. The monoisotopic (exact) mass is 425 g/mol. The summed E-state index contributed by atoms with van der Waals surface area (Å²) in [7, 11) is 2.78. The SMILES string of the molecule is C=C1C(=O)N(Cc2ccc(OC)cc2)[C@@](COCc2ccccc2)(C(=O)OC)[C@@]1(C)O. The predicted molar refractivity (Wildman–Crippen MR) is 114 cm³/mol. The van der Waals surface area contributed by atoms with Gasteiger partial charge in [0.15, 0.2) is 5.54 Å². The number of hydrogen-bond acceptors (Lipinski definition) is 6. The normalized spacial score (nSPS) is 23.2. The zero-order valence-corrected chi connectivity index (χ0v) is 18.0. The van der Waals surface area contributed by atoms with Gasteiger partial charge in [0.05, 0.1) is 27.4 Å². The van der Waals surface area contributed by atoms with Crippen LogP contribution in [0.3, 0.4) is 0 Å². The van der Waals surface area contributed by atoms with Crippen molar-refractivity contribution in [3.05, 3.63) is 77.9 Å². The number of carbonyl (C=O) groups is 2. The molecule has 0 aromatic heterocycles. The van der Waals surface area contributed by atoms with Crippen LogP contribution < -0.4 is 4.74 Å². The highest BCUT2D eigenvalue weighted by atomic mass is 16.5. The third-order valence-electron chi connectivity index (χ3n) is 5.80. The number of nitrogens with zero attached hydrogens (tertiary/aromatic N) is 1. The minimum Gasteiger partial charge on any atom is -0.497 e. The second-order valence-corrected chi connectivity index (χ2v) is 7.62. The fraction of sp³-hybridized carbons (Fsp3) is 0.333. The number of amides is 1. The topological polar surface area (TPSA) is 85.3 Å². The maximum Gasteiger partial charge on any atom is 0.337 e. The second kappa shape index (κ2) is 8.91. The lowest BCUT2D eigenvalue weighted by atomic mass is 9.80. The second-order valence-electron chi connectivity index (χ2n) is 7.62. The number of esters is 1. The van der Waals surface area contributed by atoms with Gasteiger partial charge in [0.2, 0.25) is 0 Å². The van der Waals surface area contributed by atoms with Gasteiger partial charge >= 0.3 is 5.97 Å². The molecular formula is C24H27NO6. The van der Waals surface area contributed by atoms with Crippen LogP contribution in [0.2, 0.25) is 0 Å². The highest BCUT2D eigenvalue weighted by Gasteiger charge is 2.67. The molecular weight excluding hydrogens is 398 g/mol. The smallest absolute Gasteiger partial charge is 0.337 e. The van der Waals surface area contributed by atoms with Crippen molar-refractivity contribution >= 4 is 11.9 Å². The van der Waals surface area contributed by atoms with Crippen molar-refractivity contribution in [2.45, 2.75) is 31.2 Å². The fourth-order valence-electron chi connectivity index (χ4n) is 3.82. The summed E-state index contributed by atoms with van der Waals surface area (Å²) < 4.78 is 16.1. The number of benzene rings is 2. The van der Waals surface area contributed by atoms with Gasteiger partial charge < -0.3 is 24.2 Å². The van der Waals surface area contributed by atoms with Crippen molar-refractivity contribution in [3.8, 4) is 5.75 Å². The highest BCUT2D eigenvalue weighted by molar-refractivity contribution is 6.05. The minimum atomic E-state index is -1.89. The third kappa shape index (κ3) is 3.94. The lowest BCUT2D eigenvalue weighted by molar-refractivity contribution is -0.176. The van der Waals surface area contributed by atoms with E-state index in [-0.39, 0.29) is 25.3 Å². The summed E-state index contributed by atoms with van der Waals surface area (Å²) >= 11 is 0. The van der Waals surface area contributed by atoms with Gasteiger partial charge in [0, 0.05) is 12.1 Å². The average molecular weight is 425 g/mol. The molecule has 2 atom stereocenters. The molecule has 0 bridgehead atoms. The number of rotatable bonds is 8. The van der Waals surface area contributed by atoms with Crippen molar-refractivity contribution in [1.82, 2.24) is 4.90 Å². The van der Waals surface area contributed by atoms with E-state index in [0.717, 1.165) is 11.1 Å². The molecule has 31 heavy (non-hydrogen) atoms. The molecule has 2 aromatic carbocycles. The first kappa shape index (κ1) is 22.5. The molecule has 1 saturated heterocycles. The fourth-order valence-corrected chi connectivity index (χ4v) is 3.82. The Labute approximate surface area is 181 Å². The molecule has 1 fully saturated rings. The molecule has 1 aliphatic heterocycles. The molecule has 0 unspecified atom stereocenters. The standard InChI is InChI=1S/C24H27NO6/c1-17-21(26)25(14-18-10-12-20(29-3)13-11-18)24(22(27)30-4,23(17,2)28)16-31-15-19-8-6-5-7-9-19/h5-13,28H,1,14-16H2,2-4H3/t23-,24-/m0/s1. The molecule has 7 nitrogen and oxygen atoms in total. The van der Waals surface area contributed by atoms with Gasteiger partial charge in [0.1, 0.15) is 11.4 Å². The average Bonchev–Trinajstić information content (AvgIpc) is 2.93. The molecule has 0 spiro atoms. The maximum atomic E-state index is 13.1. The Morgan fingerprint density at radius 3 is 2.29 bits per heavy atom. The molecule has 0 aliphatic carbocycles. The molecule has 3 rings (SSSR count). The van der Waals surface area contributed by atoms with Crippen LogP contribution in [0.5, 0.6) is 5.75 Å². The number of ether oxygens (including phenoxy) is 3. The van der Waals surface area contributed by atoms with Gasteiger partial charge in [-0.1, -0.05) is 49.0 Å². The molecule has 1 N–H and O–H groups in total. The molecule has 1 aliphatic rings. The molecule has 7 heteroatoms. The van der Waals surface area contributed by atoms with E-state index in [1.54, 1.807) is 31.4 Å². The molecule has 2 aromatic rings. The molecule has 1 amide bonds. The number of carbonyl (C=O) groups excluding carboxylic acids is 2. The Kier molecular flexibility index (Phi) is 6.48. The first-order chi connectivity index (χ1) is 14.8. The Morgan fingerprint density at radius 1 is 1.06 bits per heavy atom. The minimum absolute atomic E-state index is 0.0573. The Balaban J connectivity index is 1.96. The van der Waals surface area contributed by atoms with E-state index in [4.69, 9.17) is 14.2 Å². The lowest BCUT2D eigenvalue weighted by Crippen LogP contribution is -2.65. The summed E-state index contributed by atoms with van der Waals surface area (Å²) in [6.07, 6.45) is 0. The van der Waals surface area contributed by atoms with E-state index in [2.05, 4.69) is 6.58 Å². The van der Waals surface area contributed by atoms with Crippen LogP contribution in [0.15, 0.2) is 66.7 Å². The molecule has 164 valence electrons. The summed E-state index contributed by atoms with van der Waals surface area (Å²) in [4.78, 5) is 27.5. The van der Waals surface area contributed by atoms with Gasteiger partial charge in [-0.25, -0.2) is 4.79 Å². The maximum absolute atomic E-state index is 13.1. The zero-order valence-electron chi connectivity index (χ0n) is 18.0. The van der Waals surface area contributed by atoms with Crippen LogP contribution in [0.25, 0.3) is 0 Å². The highest BCUT2D eigenvalue weighted by Crippen LogP contribution is 2.44. The van der Waals surface area contributed by atoms with E-state index in [1.165, 1.54) is 18.9 Å². The van der Waals surface area contributed by atoms with Crippen LogP contribution in [0.1, 0.15) is 18.1 Å². The Hall–Kier alpha value is -3.16. The predicted octanol–water partition coefficient (Wildman–Crippen LogP) is 2.47. The van der Waals surface area contributed by atoms with Gasteiger partial charge in [0.25, 0.3) is 5.91 Å². The number of likely N-dealkylation sites (tertiary alicyclic amines) is 1. The largest absolute Gasteiger partial charge is 0.497 e. The van der Waals surface area contributed by atoms with Gasteiger partial charge in [-0.2, -0.15) is 0 Å². The van der Waals surface area contributed by atoms with E-state index in [9.17, 15) is 14.7 Å². The zero-order chi connectivity index (χ0) is 22.6. The first-order valence-corrected chi connectivity index (χ1v) is 9.84. The molecule has 0 saturated carbocycles. The Bertz CT molecular complexity index is 954. The van der Waals surface area contributed by atoms with E-state index >= 15 is 0 Å². The molecule has 0 radical (unpaired) electrons. The van der Waals surface area contributed by atoms with Crippen LogP contribution in [-0.2, 0) is 32.2 Å². The van der Waals surface area contributed by atoms with Gasteiger partial charge in [-0.3, -0.25) is 4.79 Å². The Morgan fingerprint density at radius 2 is 1.71 bits per heavy atom. The third-order valence-corrected chi connectivity index (χ3v) is 5.80. The first-order valence-electron chi connectivity index (χ1n) is 9.84. The number of hydrogen-bond donors (Lipinski definition) is 1.